The van der Waals surface area contributed by atoms with Crippen LogP contribution >= 0.6 is 0 Å². The topological polar surface area (TPSA) is 147 Å². The first-order valence-corrected chi connectivity index (χ1v) is 13.6. The van der Waals surface area contributed by atoms with Crippen molar-refractivity contribution in [1.29, 1.82) is 0 Å². The van der Waals surface area contributed by atoms with Crippen LogP contribution in [0.15, 0.2) is 85.3 Å². The maximum absolute atomic E-state index is 15.2. The fraction of sp³-hybridized carbons (Fsp3) is 0.233. The molecule has 2 aliphatic heterocycles. The predicted molar refractivity (Wildman–Crippen MR) is 152 cm³/mol. The zero-order valence-electron chi connectivity index (χ0n) is 22.9. The Morgan fingerprint density at radius 2 is 2.05 bits per heavy atom. The molecule has 0 saturated carbocycles. The average molecular weight is 586 g/mol. The van der Waals surface area contributed by atoms with Gasteiger partial charge in [-0.2, -0.15) is 0 Å². The molecule has 6 rings (SSSR count). The molecule has 0 unspecified atom stereocenters. The van der Waals surface area contributed by atoms with Crippen LogP contribution in [0.5, 0.6) is 0 Å². The molecule has 0 radical (unpaired) electrons. The highest BCUT2D eigenvalue weighted by Gasteiger charge is 2.33. The van der Waals surface area contributed by atoms with Crippen LogP contribution in [0.25, 0.3) is 16.8 Å². The number of carbonyl (C=O) groups is 2. The minimum atomic E-state index is -0.782. The summed E-state index contributed by atoms with van der Waals surface area (Å²) in [5, 5.41) is 7.63. The lowest BCUT2D eigenvalue weighted by molar-refractivity contribution is -0.148. The fourth-order valence-electron chi connectivity index (χ4n) is 4.82. The first kappa shape index (κ1) is 28.0. The van der Waals surface area contributed by atoms with Crippen LogP contribution in [0.2, 0.25) is 0 Å². The van der Waals surface area contributed by atoms with Gasteiger partial charge in [0.1, 0.15) is 30.7 Å². The fourth-order valence-corrected chi connectivity index (χ4v) is 4.82. The molecule has 3 atom stereocenters. The number of anilines is 1. The van der Waals surface area contributed by atoms with Crippen molar-refractivity contribution in [3.05, 3.63) is 102 Å². The number of pyridine rings is 1. The number of hydrogen-bond acceptors (Lipinski definition) is 10. The summed E-state index contributed by atoms with van der Waals surface area (Å²) in [5.41, 5.74) is 12.2. The van der Waals surface area contributed by atoms with E-state index in [0.29, 0.717) is 41.2 Å². The summed E-state index contributed by atoms with van der Waals surface area (Å²) in [7, 11) is 0. The number of hydrogen-bond donors (Lipinski definition) is 2. The van der Waals surface area contributed by atoms with Crippen LogP contribution in [0, 0.1) is 5.82 Å². The summed E-state index contributed by atoms with van der Waals surface area (Å²) in [4.78, 5) is 36.1. The second kappa shape index (κ2) is 12.4. The van der Waals surface area contributed by atoms with Crippen LogP contribution in [0.1, 0.15) is 11.3 Å². The van der Waals surface area contributed by atoms with Crippen LogP contribution in [-0.4, -0.2) is 63.4 Å². The zero-order valence-corrected chi connectivity index (χ0v) is 22.9. The Labute approximate surface area is 245 Å². The van der Waals surface area contributed by atoms with E-state index in [1.165, 1.54) is 11.0 Å². The summed E-state index contributed by atoms with van der Waals surface area (Å²) in [6.07, 6.45) is 5.38. The first-order chi connectivity index (χ1) is 20.9. The van der Waals surface area contributed by atoms with Crippen LogP contribution in [-0.2, 0) is 32.1 Å². The molecular weight excluding hydrogens is 557 g/mol. The first-order valence-electron chi connectivity index (χ1n) is 13.6. The van der Waals surface area contributed by atoms with Gasteiger partial charge >= 0.3 is 12.1 Å². The van der Waals surface area contributed by atoms with Gasteiger partial charge in [-0.1, -0.05) is 41.6 Å². The Hall–Kier alpha value is -5.14. The maximum Gasteiger partial charge on any atom is 0.414 e. The van der Waals surface area contributed by atoms with Crippen molar-refractivity contribution >= 4 is 23.4 Å². The molecule has 43 heavy (non-hydrogen) atoms. The van der Waals surface area contributed by atoms with E-state index >= 15 is 4.39 Å². The molecule has 13 heteroatoms. The molecule has 2 aliphatic rings. The van der Waals surface area contributed by atoms with E-state index < -0.39 is 36.1 Å². The van der Waals surface area contributed by atoms with Crippen molar-refractivity contribution in [2.45, 2.75) is 31.2 Å². The Morgan fingerprint density at radius 1 is 1.19 bits per heavy atom. The van der Waals surface area contributed by atoms with Crippen molar-refractivity contribution in [1.82, 2.24) is 25.5 Å². The van der Waals surface area contributed by atoms with E-state index in [4.69, 9.17) is 20.0 Å². The Balaban J connectivity index is 1.04. The van der Waals surface area contributed by atoms with E-state index in [-0.39, 0.29) is 13.2 Å². The minimum absolute atomic E-state index is 0.0147. The second-order valence-electron chi connectivity index (χ2n) is 10.1. The van der Waals surface area contributed by atoms with Gasteiger partial charge < -0.3 is 15.2 Å². The SMILES string of the molecule is N[C@@H](Cc1ccccc1)C(=O)OC[C@@H]1C=C(c2ccc(-c3ccc(N4C[C@H](Cn5ccnn5)OC4=O)cc3F)cn2)NO1. The number of amides is 1. The molecule has 2 aromatic heterocycles. The number of nitrogens with zero attached hydrogens (tertiary/aromatic N) is 5. The van der Waals surface area contributed by atoms with Gasteiger partial charge in [0.2, 0.25) is 0 Å². The summed E-state index contributed by atoms with van der Waals surface area (Å²) in [5.74, 6) is -1.02. The molecule has 2 aromatic carbocycles. The van der Waals surface area contributed by atoms with Crippen molar-refractivity contribution < 1.29 is 28.3 Å². The molecule has 3 N–H and O–H groups in total. The third kappa shape index (κ3) is 6.52. The third-order valence-corrected chi connectivity index (χ3v) is 7.02. The second-order valence-corrected chi connectivity index (χ2v) is 10.1. The summed E-state index contributed by atoms with van der Waals surface area (Å²) in [6.45, 7) is 0.601. The van der Waals surface area contributed by atoms with E-state index in [9.17, 15) is 9.59 Å². The Bertz CT molecular complexity index is 1620. The number of nitrogens with two attached hydrogens (primary N) is 1. The molecule has 0 bridgehead atoms. The number of rotatable bonds is 10. The summed E-state index contributed by atoms with van der Waals surface area (Å²) in [6, 6.07) is 16.7. The number of hydroxylamine groups is 1. The number of benzene rings is 2. The predicted octanol–water partition coefficient (Wildman–Crippen LogP) is 2.86. The lowest BCUT2D eigenvalue weighted by atomic mass is 10.1. The lowest BCUT2D eigenvalue weighted by Crippen LogP contribution is -2.36. The number of aromatic nitrogens is 4. The Kier molecular flexibility index (Phi) is 8.07. The highest BCUT2D eigenvalue weighted by molar-refractivity contribution is 5.90. The Morgan fingerprint density at radius 3 is 2.79 bits per heavy atom. The number of esters is 1. The van der Waals surface area contributed by atoms with E-state index in [2.05, 4.69) is 20.8 Å². The van der Waals surface area contributed by atoms with Crippen molar-refractivity contribution in [2.75, 3.05) is 18.1 Å². The van der Waals surface area contributed by atoms with Gasteiger partial charge in [0.15, 0.2) is 0 Å². The van der Waals surface area contributed by atoms with Gasteiger partial charge in [-0.25, -0.2) is 13.9 Å². The number of nitrogens with one attached hydrogen (secondary N) is 1. The van der Waals surface area contributed by atoms with Gasteiger partial charge in [-0.3, -0.25) is 25.0 Å². The standard InChI is InChI=1S/C30H28FN7O5/c31-25-13-21(38-17-23(42-30(38)40)16-37-11-10-34-36-37)7-8-24(25)20-6-9-27(33-15-20)28-14-22(43-35-28)18-41-29(39)26(32)12-19-4-2-1-3-5-19/h1-11,13-15,22-23,26,35H,12,16-18,32H2/t22-,23-,26-/m0/s1. The minimum Gasteiger partial charge on any atom is -0.461 e. The van der Waals surface area contributed by atoms with Crippen LogP contribution in [0.4, 0.5) is 14.9 Å². The third-order valence-electron chi connectivity index (χ3n) is 7.02. The smallest absolute Gasteiger partial charge is 0.414 e. The molecule has 220 valence electrons. The summed E-state index contributed by atoms with van der Waals surface area (Å²) >= 11 is 0. The quantitative estimate of drug-likeness (QED) is 0.266. The lowest BCUT2D eigenvalue weighted by Gasteiger charge is -2.14. The largest absolute Gasteiger partial charge is 0.461 e. The molecular formula is C30H28FN7O5. The molecule has 0 aliphatic carbocycles. The van der Waals surface area contributed by atoms with Gasteiger partial charge in [0.05, 0.1) is 36.4 Å². The normalized spacial score (nSPS) is 18.6. The highest BCUT2D eigenvalue weighted by Crippen LogP contribution is 2.30. The van der Waals surface area contributed by atoms with Gasteiger partial charge in [-0.15, -0.1) is 5.10 Å². The number of cyclic esters (lactones) is 1. The molecule has 4 aromatic rings. The van der Waals surface area contributed by atoms with Gasteiger partial charge in [0.25, 0.3) is 0 Å². The van der Waals surface area contributed by atoms with Crippen molar-refractivity contribution in [3.63, 3.8) is 0 Å². The van der Waals surface area contributed by atoms with E-state index in [1.807, 2.05) is 30.3 Å². The summed E-state index contributed by atoms with van der Waals surface area (Å²) < 4.78 is 27.5. The van der Waals surface area contributed by atoms with Crippen molar-refractivity contribution in [3.8, 4) is 11.1 Å². The zero-order chi connectivity index (χ0) is 29.8. The number of carbonyl (C=O) groups excluding carboxylic acids is 2. The van der Waals surface area contributed by atoms with Crippen LogP contribution < -0.4 is 16.1 Å². The molecule has 1 saturated heterocycles. The van der Waals surface area contributed by atoms with Crippen LogP contribution in [0.3, 0.4) is 0 Å². The average Bonchev–Trinajstić information content (AvgIpc) is 3.79. The molecule has 1 fully saturated rings. The van der Waals surface area contributed by atoms with Crippen molar-refractivity contribution in [2.24, 2.45) is 5.73 Å². The van der Waals surface area contributed by atoms with Gasteiger partial charge in [0, 0.05) is 23.5 Å². The molecule has 1 amide bonds. The molecule has 0 spiro atoms. The number of halogens is 1. The van der Waals surface area contributed by atoms with Gasteiger partial charge in [-0.05, 0) is 42.3 Å². The maximum atomic E-state index is 15.2. The van der Waals surface area contributed by atoms with E-state index in [0.717, 1.165) is 5.56 Å². The number of ether oxygens (including phenoxy) is 2. The monoisotopic (exact) mass is 585 g/mol. The molecule has 4 heterocycles. The highest BCUT2D eigenvalue weighted by atomic mass is 19.1. The van der Waals surface area contributed by atoms with E-state index in [1.54, 1.807) is 53.6 Å². The molecule has 12 nitrogen and oxygen atoms in total.